The van der Waals surface area contributed by atoms with Crippen LogP contribution in [0.15, 0.2) is 76.1 Å². The highest BCUT2D eigenvalue weighted by Crippen LogP contribution is 2.24. The first-order valence-electron chi connectivity index (χ1n) is 9.18. The van der Waals surface area contributed by atoms with Crippen molar-refractivity contribution in [2.75, 3.05) is 11.1 Å². The number of aromatic carboxylic acids is 2. The molecule has 0 bridgehead atoms. The lowest BCUT2D eigenvalue weighted by Gasteiger charge is -2.10. The van der Waals surface area contributed by atoms with Gasteiger partial charge >= 0.3 is 11.9 Å². The normalized spacial score (nSPS) is 10.4. The number of hydrogen-bond donors (Lipinski definition) is 3. The van der Waals surface area contributed by atoms with Gasteiger partial charge < -0.3 is 15.5 Å². The van der Waals surface area contributed by atoms with Crippen LogP contribution in [0.5, 0.6) is 0 Å². The summed E-state index contributed by atoms with van der Waals surface area (Å²) in [6, 6.07) is 17.1. The zero-order valence-corrected chi connectivity index (χ0v) is 18.8. The van der Waals surface area contributed by atoms with Crippen LogP contribution in [-0.2, 0) is 0 Å². The molecule has 9 heteroatoms. The van der Waals surface area contributed by atoms with E-state index in [0.29, 0.717) is 11.3 Å². The van der Waals surface area contributed by atoms with Crippen molar-refractivity contribution in [2.24, 2.45) is 0 Å². The maximum Gasteiger partial charge on any atom is 0.336 e. The molecule has 32 heavy (non-hydrogen) atoms. The van der Waals surface area contributed by atoms with E-state index in [1.165, 1.54) is 17.8 Å². The minimum absolute atomic E-state index is 0.0402. The van der Waals surface area contributed by atoms with Gasteiger partial charge in [0.1, 0.15) is 0 Å². The third-order valence-electron chi connectivity index (χ3n) is 4.37. The Hall–Kier alpha value is -3.43. The number of carboxylic acids is 2. The van der Waals surface area contributed by atoms with Crippen molar-refractivity contribution in [3.63, 3.8) is 0 Å². The van der Waals surface area contributed by atoms with Crippen LogP contribution in [0.3, 0.4) is 0 Å². The van der Waals surface area contributed by atoms with Crippen LogP contribution in [0.4, 0.5) is 5.69 Å². The topological polar surface area (TPSA) is 121 Å². The average Bonchev–Trinajstić information content (AvgIpc) is 2.77. The molecule has 1 amide bonds. The van der Waals surface area contributed by atoms with Gasteiger partial charge in [-0.3, -0.25) is 9.59 Å². The molecule has 0 atom stereocenters. The summed E-state index contributed by atoms with van der Waals surface area (Å²) in [5.41, 5.74) is 0.206. The van der Waals surface area contributed by atoms with Gasteiger partial charge in [0.05, 0.1) is 22.4 Å². The lowest BCUT2D eigenvalue weighted by atomic mass is 10.0. The van der Waals surface area contributed by atoms with E-state index < -0.39 is 23.4 Å². The number of Topliss-reactive ketones (excluding diaryl/α,β-unsaturated/α-hetero) is 1. The Kier molecular flexibility index (Phi) is 7.45. The number of thioether (sulfide) groups is 1. The van der Waals surface area contributed by atoms with E-state index in [-0.39, 0.29) is 22.7 Å². The second kappa shape index (κ2) is 10.3. The lowest BCUT2D eigenvalue weighted by Crippen LogP contribution is -2.17. The second-order valence-corrected chi connectivity index (χ2v) is 8.54. The van der Waals surface area contributed by atoms with Crippen LogP contribution in [0.25, 0.3) is 0 Å². The van der Waals surface area contributed by atoms with Crippen LogP contribution in [-0.4, -0.2) is 39.6 Å². The lowest BCUT2D eigenvalue weighted by molar-refractivity contribution is 0.0692. The molecule has 0 spiro atoms. The van der Waals surface area contributed by atoms with Crippen molar-refractivity contribution in [3.8, 4) is 0 Å². The van der Waals surface area contributed by atoms with Gasteiger partial charge in [0.15, 0.2) is 5.78 Å². The minimum Gasteiger partial charge on any atom is -0.478 e. The largest absolute Gasteiger partial charge is 0.478 e. The predicted molar refractivity (Wildman–Crippen MR) is 124 cm³/mol. The minimum atomic E-state index is -1.41. The Morgan fingerprint density at radius 2 is 1.50 bits per heavy atom. The highest BCUT2D eigenvalue weighted by Gasteiger charge is 2.19. The van der Waals surface area contributed by atoms with Crippen molar-refractivity contribution in [1.29, 1.82) is 0 Å². The number of rotatable bonds is 8. The van der Waals surface area contributed by atoms with Gasteiger partial charge in [0, 0.05) is 20.6 Å². The van der Waals surface area contributed by atoms with E-state index >= 15 is 0 Å². The number of nitrogens with one attached hydrogen (secondary N) is 1. The van der Waals surface area contributed by atoms with E-state index in [2.05, 4.69) is 21.2 Å². The molecule has 0 radical (unpaired) electrons. The third-order valence-corrected chi connectivity index (χ3v) is 5.89. The van der Waals surface area contributed by atoms with Gasteiger partial charge in [-0.1, -0.05) is 34.1 Å². The maximum absolute atomic E-state index is 12.6. The molecule has 3 rings (SSSR count). The number of hydrogen-bond acceptors (Lipinski definition) is 5. The first kappa shape index (κ1) is 23.2. The van der Waals surface area contributed by atoms with Gasteiger partial charge in [0.2, 0.25) is 0 Å². The number of halogens is 1. The van der Waals surface area contributed by atoms with Gasteiger partial charge in [-0.15, -0.1) is 11.8 Å². The van der Waals surface area contributed by atoms with Crippen LogP contribution < -0.4 is 5.32 Å². The summed E-state index contributed by atoms with van der Waals surface area (Å²) in [5.74, 6) is -3.22. The van der Waals surface area contributed by atoms with Crippen molar-refractivity contribution in [2.45, 2.75) is 4.90 Å². The standard InChI is InChI=1S/C23H16BrNO6S/c24-15-7-4-13(5-8-15)20(26)12-32-17-3-1-2-16(11-17)25-21(27)18-9-6-14(22(28)29)10-19(18)23(30)31/h1-11H,12H2,(H,25,27)(H,28,29)(H,30,31). The summed E-state index contributed by atoms with van der Waals surface area (Å²) in [6.07, 6.45) is 0. The molecular weight excluding hydrogens is 498 g/mol. The Labute approximate surface area is 195 Å². The number of anilines is 1. The Bertz CT molecular complexity index is 1210. The SMILES string of the molecule is O=C(O)c1ccc(C(=O)Nc2cccc(SCC(=O)c3ccc(Br)cc3)c2)c(C(=O)O)c1. The Morgan fingerprint density at radius 1 is 0.812 bits per heavy atom. The number of amides is 1. The van der Waals surface area contributed by atoms with E-state index in [0.717, 1.165) is 21.5 Å². The van der Waals surface area contributed by atoms with Crippen LogP contribution in [0.1, 0.15) is 41.4 Å². The summed E-state index contributed by atoms with van der Waals surface area (Å²) in [6.45, 7) is 0. The fraction of sp³-hybridized carbons (Fsp3) is 0.0435. The molecule has 7 nitrogen and oxygen atoms in total. The zero-order valence-electron chi connectivity index (χ0n) is 16.4. The third kappa shape index (κ3) is 5.83. The molecule has 3 aromatic rings. The number of ketones is 1. The van der Waals surface area contributed by atoms with Gasteiger partial charge in [-0.25, -0.2) is 9.59 Å². The molecule has 0 aliphatic rings. The average molecular weight is 514 g/mol. The first-order valence-corrected chi connectivity index (χ1v) is 11.0. The van der Waals surface area contributed by atoms with E-state index in [4.69, 9.17) is 5.11 Å². The number of carboxylic acid groups (broad SMARTS) is 2. The molecule has 162 valence electrons. The molecule has 3 aromatic carbocycles. The highest BCUT2D eigenvalue weighted by molar-refractivity contribution is 9.10. The van der Waals surface area contributed by atoms with Gasteiger partial charge in [-0.05, 0) is 48.5 Å². The number of carbonyl (C=O) groups is 4. The van der Waals surface area contributed by atoms with E-state index in [1.54, 1.807) is 48.5 Å². The van der Waals surface area contributed by atoms with E-state index in [1.807, 2.05) is 0 Å². The molecule has 0 unspecified atom stereocenters. The second-order valence-electron chi connectivity index (χ2n) is 6.57. The van der Waals surface area contributed by atoms with Crippen LogP contribution in [0, 0.1) is 0 Å². The quantitative estimate of drug-likeness (QED) is 0.284. The van der Waals surface area contributed by atoms with Crippen LogP contribution >= 0.6 is 27.7 Å². The maximum atomic E-state index is 12.6. The molecule has 0 saturated carbocycles. The van der Waals surface area contributed by atoms with Crippen molar-refractivity contribution >= 4 is 57.0 Å². The summed E-state index contributed by atoms with van der Waals surface area (Å²) in [7, 11) is 0. The molecular formula is C23H16BrNO6S. The Morgan fingerprint density at radius 3 is 2.16 bits per heavy atom. The van der Waals surface area contributed by atoms with Crippen molar-refractivity contribution in [1.82, 2.24) is 0 Å². The zero-order chi connectivity index (χ0) is 23.3. The number of carbonyl (C=O) groups excluding carboxylic acids is 2. The molecule has 0 aliphatic heterocycles. The van der Waals surface area contributed by atoms with Crippen LogP contribution in [0.2, 0.25) is 0 Å². The fourth-order valence-electron chi connectivity index (χ4n) is 2.78. The van der Waals surface area contributed by atoms with Gasteiger partial charge in [0.25, 0.3) is 5.91 Å². The molecule has 0 aromatic heterocycles. The van der Waals surface area contributed by atoms with Crippen molar-refractivity contribution < 1.29 is 29.4 Å². The molecule has 0 aliphatic carbocycles. The Balaban J connectivity index is 1.71. The molecule has 0 saturated heterocycles. The van der Waals surface area contributed by atoms with E-state index in [9.17, 15) is 24.3 Å². The monoisotopic (exact) mass is 513 g/mol. The van der Waals surface area contributed by atoms with Gasteiger partial charge in [-0.2, -0.15) is 0 Å². The summed E-state index contributed by atoms with van der Waals surface area (Å²) in [4.78, 5) is 48.3. The first-order chi connectivity index (χ1) is 15.2. The summed E-state index contributed by atoms with van der Waals surface area (Å²) >= 11 is 4.63. The highest BCUT2D eigenvalue weighted by atomic mass is 79.9. The smallest absolute Gasteiger partial charge is 0.336 e. The molecule has 3 N–H and O–H groups in total. The number of benzene rings is 3. The molecule has 0 fully saturated rings. The van der Waals surface area contributed by atoms with Crippen molar-refractivity contribution in [3.05, 3.63) is 93.5 Å². The molecule has 0 heterocycles. The fourth-order valence-corrected chi connectivity index (χ4v) is 3.90. The summed E-state index contributed by atoms with van der Waals surface area (Å²) in [5, 5.41) is 21.0. The summed E-state index contributed by atoms with van der Waals surface area (Å²) < 4.78 is 0.883. The predicted octanol–water partition coefficient (Wildman–Crippen LogP) is 5.07.